The molecule has 0 atom stereocenters. The van der Waals surface area contributed by atoms with E-state index in [2.05, 4.69) is 61.5 Å². The van der Waals surface area contributed by atoms with Crippen LogP contribution in [0.5, 0.6) is 5.75 Å². The average molecular weight is 284 g/mol. The van der Waals surface area contributed by atoms with Crippen LogP contribution in [0.25, 0.3) is 17.0 Å². The molecule has 3 heteroatoms. The Morgan fingerprint density at radius 2 is 2.14 bits per heavy atom. The van der Waals surface area contributed by atoms with Crippen molar-refractivity contribution in [3.05, 3.63) is 42.2 Å². The molecule has 2 heterocycles. The van der Waals surface area contributed by atoms with Crippen molar-refractivity contribution in [2.24, 2.45) is 0 Å². The number of fused-ring (bicyclic) bond motifs is 3. The molecule has 112 valence electrons. The van der Waals surface area contributed by atoms with Crippen LogP contribution in [-0.4, -0.2) is 16.2 Å². The van der Waals surface area contributed by atoms with Crippen LogP contribution in [-0.2, 0) is 6.54 Å². The molecule has 1 aliphatic rings. The summed E-state index contributed by atoms with van der Waals surface area (Å²) in [6.45, 7) is 9.95. The fourth-order valence-corrected chi connectivity index (χ4v) is 2.23. The third kappa shape index (κ3) is 3.35. The van der Waals surface area contributed by atoms with E-state index < -0.39 is 0 Å². The van der Waals surface area contributed by atoms with Gasteiger partial charge in [0, 0.05) is 12.4 Å². The van der Waals surface area contributed by atoms with Crippen molar-refractivity contribution in [2.45, 2.75) is 40.7 Å². The van der Waals surface area contributed by atoms with Gasteiger partial charge in [0.05, 0.1) is 12.1 Å². The summed E-state index contributed by atoms with van der Waals surface area (Å²) in [6.07, 6.45) is 7.20. The fourth-order valence-electron chi connectivity index (χ4n) is 2.23. The predicted octanol–water partition coefficient (Wildman–Crippen LogP) is 4.78. The van der Waals surface area contributed by atoms with Gasteiger partial charge in [0.1, 0.15) is 18.2 Å². The van der Waals surface area contributed by atoms with Gasteiger partial charge in [0.2, 0.25) is 0 Å². The number of aromatic nitrogens is 2. The van der Waals surface area contributed by atoms with Gasteiger partial charge in [0.25, 0.3) is 0 Å². The highest BCUT2D eigenvalue weighted by Crippen LogP contribution is 2.33. The first kappa shape index (κ1) is 15.4. The van der Waals surface area contributed by atoms with Gasteiger partial charge in [-0.2, -0.15) is 0 Å². The molecule has 3 nitrogen and oxygen atoms in total. The quantitative estimate of drug-likeness (QED) is 0.753. The Morgan fingerprint density at radius 1 is 1.38 bits per heavy atom. The second-order valence-electron chi connectivity index (χ2n) is 5.18. The van der Waals surface area contributed by atoms with Gasteiger partial charge in [-0.25, -0.2) is 4.98 Å². The molecule has 0 fully saturated rings. The van der Waals surface area contributed by atoms with E-state index in [4.69, 9.17) is 4.74 Å². The molecule has 0 N–H and O–H groups in total. The Kier molecular flexibility index (Phi) is 5.20. The van der Waals surface area contributed by atoms with Gasteiger partial charge in [-0.3, -0.25) is 0 Å². The number of allylic oxidation sites excluding steroid dienone is 2. The lowest BCUT2D eigenvalue weighted by molar-refractivity contribution is 0.306. The molecule has 1 aromatic heterocycles. The third-order valence-corrected chi connectivity index (χ3v) is 3.42. The van der Waals surface area contributed by atoms with E-state index >= 15 is 0 Å². The number of rotatable bonds is 1. The Balaban J connectivity index is 0.000000497. The Hall–Kier alpha value is -2.03. The first-order chi connectivity index (χ1) is 10.2. The largest absolute Gasteiger partial charge is 0.491 e. The number of imidazole rings is 1. The minimum absolute atomic E-state index is 0.689. The highest BCUT2D eigenvalue weighted by atomic mass is 16.5. The topological polar surface area (TPSA) is 27.1 Å². The normalized spacial score (nSPS) is 13.2. The van der Waals surface area contributed by atoms with E-state index in [1.807, 2.05) is 12.4 Å². The molecule has 1 aliphatic heterocycles. The second-order valence-corrected chi connectivity index (χ2v) is 5.18. The number of benzene rings is 1. The average Bonchev–Trinajstić information content (AvgIpc) is 2.89. The van der Waals surface area contributed by atoms with E-state index in [-0.39, 0.29) is 0 Å². The predicted molar refractivity (Wildman–Crippen MR) is 88.4 cm³/mol. The maximum Gasteiger partial charge on any atom is 0.143 e. The van der Waals surface area contributed by atoms with Gasteiger partial charge in [-0.05, 0) is 37.1 Å². The standard InChI is InChI=1S/C15H16N2O.C3H8/c1-3-11(2)12-4-5-13-14(10-12)18-9-8-17-7-6-16-15(13)17;1-3-2/h3-7,10H,8-9H2,1-2H3;3H2,1-2H3/b11-3+;. The smallest absolute Gasteiger partial charge is 0.143 e. The molecule has 2 aromatic rings. The molecule has 0 saturated heterocycles. The van der Waals surface area contributed by atoms with Crippen LogP contribution in [0, 0.1) is 0 Å². The minimum atomic E-state index is 0.689. The van der Waals surface area contributed by atoms with Crippen LogP contribution >= 0.6 is 0 Å². The molecule has 0 unspecified atom stereocenters. The molecule has 0 amide bonds. The number of hydrogen-bond donors (Lipinski definition) is 0. The highest BCUT2D eigenvalue weighted by molar-refractivity contribution is 5.72. The molecule has 3 rings (SSSR count). The van der Waals surface area contributed by atoms with Crippen molar-refractivity contribution < 1.29 is 4.74 Å². The zero-order chi connectivity index (χ0) is 15.2. The lowest BCUT2D eigenvalue weighted by Crippen LogP contribution is -2.04. The van der Waals surface area contributed by atoms with Crippen molar-refractivity contribution in [1.29, 1.82) is 0 Å². The zero-order valence-electron chi connectivity index (χ0n) is 13.4. The number of ether oxygens (including phenoxy) is 1. The van der Waals surface area contributed by atoms with Gasteiger partial charge < -0.3 is 9.30 Å². The molecule has 0 aliphatic carbocycles. The summed E-state index contributed by atoms with van der Waals surface area (Å²) >= 11 is 0. The first-order valence-electron chi connectivity index (χ1n) is 7.62. The monoisotopic (exact) mass is 284 g/mol. The van der Waals surface area contributed by atoms with Crippen LogP contribution in [0.2, 0.25) is 0 Å². The van der Waals surface area contributed by atoms with Crippen LogP contribution in [0.15, 0.2) is 36.7 Å². The Morgan fingerprint density at radius 3 is 2.86 bits per heavy atom. The van der Waals surface area contributed by atoms with Gasteiger partial charge in [-0.1, -0.05) is 32.4 Å². The Labute approximate surface area is 127 Å². The summed E-state index contributed by atoms with van der Waals surface area (Å²) in [5.41, 5.74) is 3.54. The molecule has 1 aromatic carbocycles. The molecule has 21 heavy (non-hydrogen) atoms. The molecule has 0 radical (unpaired) electrons. The highest BCUT2D eigenvalue weighted by Gasteiger charge is 2.16. The molecule has 0 bridgehead atoms. The summed E-state index contributed by atoms with van der Waals surface area (Å²) in [7, 11) is 0. The minimum Gasteiger partial charge on any atom is -0.491 e. The molecular weight excluding hydrogens is 260 g/mol. The van der Waals surface area contributed by atoms with Crippen molar-refractivity contribution in [3.8, 4) is 17.1 Å². The van der Waals surface area contributed by atoms with Crippen molar-refractivity contribution >= 4 is 5.57 Å². The van der Waals surface area contributed by atoms with E-state index in [1.165, 1.54) is 17.6 Å². The summed E-state index contributed by atoms with van der Waals surface area (Å²) in [4.78, 5) is 4.42. The van der Waals surface area contributed by atoms with Crippen molar-refractivity contribution in [3.63, 3.8) is 0 Å². The number of hydrogen-bond acceptors (Lipinski definition) is 2. The zero-order valence-corrected chi connectivity index (χ0v) is 13.4. The van der Waals surface area contributed by atoms with E-state index in [1.54, 1.807) is 0 Å². The van der Waals surface area contributed by atoms with E-state index in [0.717, 1.165) is 23.7 Å². The summed E-state index contributed by atoms with van der Waals surface area (Å²) < 4.78 is 7.97. The molecular formula is C18H24N2O. The van der Waals surface area contributed by atoms with Crippen LogP contribution in [0.3, 0.4) is 0 Å². The summed E-state index contributed by atoms with van der Waals surface area (Å²) in [5.74, 6) is 1.92. The fraction of sp³-hybridized carbons (Fsp3) is 0.389. The maximum absolute atomic E-state index is 5.84. The van der Waals surface area contributed by atoms with Crippen molar-refractivity contribution in [1.82, 2.24) is 9.55 Å². The maximum atomic E-state index is 5.84. The SMILES string of the molecule is C/C=C(\C)c1ccc2c(c1)OCCn1ccnc1-2.CCC. The molecule has 0 spiro atoms. The van der Waals surface area contributed by atoms with Crippen LogP contribution in [0.1, 0.15) is 39.7 Å². The van der Waals surface area contributed by atoms with Crippen LogP contribution in [0.4, 0.5) is 0 Å². The second kappa shape index (κ2) is 7.11. The van der Waals surface area contributed by atoms with Gasteiger partial charge in [0.15, 0.2) is 0 Å². The first-order valence-corrected chi connectivity index (χ1v) is 7.62. The lowest BCUT2D eigenvalue weighted by Gasteiger charge is -2.09. The van der Waals surface area contributed by atoms with Gasteiger partial charge in [-0.15, -0.1) is 0 Å². The summed E-state index contributed by atoms with van der Waals surface area (Å²) in [6, 6.07) is 6.33. The van der Waals surface area contributed by atoms with E-state index in [0.29, 0.717) is 6.61 Å². The van der Waals surface area contributed by atoms with Gasteiger partial charge >= 0.3 is 0 Å². The van der Waals surface area contributed by atoms with Crippen LogP contribution < -0.4 is 4.74 Å². The Bertz CT molecular complexity index is 626. The van der Waals surface area contributed by atoms with E-state index in [9.17, 15) is 0 Å². The summed E-state index contributed by atoms with van der Waals surface area (Å²) in [5, 5.41) is 0. The van der Waals surface area contributed by atoms with Crippen molar-refractivity contribution in [2.75, 3.05) is 6.61 Å². The molecule has 0 saturated carbocycles. The third-order valence-electron chi connectivity index (χ3n) is 3.42. The lowest BCUT2D eigenvalue weighted by atomic mass is 10.0. The number of nitrogens with zero attached hydrogens (tertiary/aromatic N) is 2.